The first kappa shape index (κ1) is 15.3. The van der Waals surface area contributed by atoms with Crippen LogP contribution in [0.3, 0.4) is 0 Å². The standard InChI is InChI=1S/C11H20N6O2/c1-9(18)17-7-3-11(4-8-17,10(12)19)14-5-2-6-15-16-13/h14H,2-8H2,1H3,(H2,12,19). The number of primary amides is 1. The van der Waals surface area contributed by atoms with Crippen LogP contribution in [0.4, 0.5) is 0 Å². The van der Waals surface area contributed by atoms with Crippen molar-refractivity contribution in [3.05, 3.63) is 10.4 Å². The zero-order valence-corrected chi connectivity index (χ0v) is 11.1. The number of azide groups is 1. The molecule has 106 valence electrons. The van der Waals surface area contributed by atoms with Gasteiger partial charge in [-0.15, -0.1) is 0 Å². The Morgan fingerprint density at radius 1 is 1.47 bits per heavy atom. The summed E-state index contributed by atoms with van der Waals surface area (Å²) in [5.41, 5.74) is 12.9. The van der Waals surface area contributed by atoms with Gasteiger partial charge in [-0.3, -0.25) is 9.59 Å². The van der Waals surface area contributed by atoms with E-state index in [-0.39, 0.29) is 11.8 Å². The number of carbonyl (C=O) groups excluding carboxylic acids is 2. The molecule has 1 heterocycles. The molecule has 0 bridgehead atoms. The second kappa shape index (κ2) is 6.96. The van der Waals surface area contributed by atoms with Crippen LogP contribution in [0.25, 0.3) is 10.4 Å². The quantitative estimate of drug-likeness (QED) is 0.308. The Morgan fingerprint density at radius 3 is 2.58 bits per heavy atom. The highest BCUT2D eigenvalue weighted by Crippen LogP contribution is 2.22. The lowest BCUT2D eigenvalue weighted by atomic mass is 9.86. The van der Waals surface area contributed by atoms with E-state index in [1.165, 1.54) is 6.92 Å². The van der Waals surface area contributed by atoms with Gasteiger partial charge in [-0.2, -0.15) is 0 Å². The fourth-order valence-corrected chi connectivity index (χ4v) is 2.24. The van der Waals surface area contributed by atoms with E-state index in [2.05, 4.69) is 15.3 Å². The number of likely N-dealkylation sites (tertiary alicyclic amines) is 1. The molecule has 8 heteroatoms. The second-order valence-electron chi connectivity index (χ2n) is 4.69. The summed E-state index contributed by atoms with van der Waals surface area (Å²) < 4.78 is 0. The van der Waals surface area contributed by atoms with Crippen LogP contribution >= 0.6 is 0 Å². The predicted octanol–water partition coefficient (Wildman–Crippen LogP) is 0.143. The highest BCUT2D eigenvalue weighted by atomic mass is 16.2. The Bertz CT molecular complexity index is 383. The first-order valence-electron chi connectivity index (χ1n) is 6.33. The molecule has 1 saturated heterocycles. The maximum Gasteiger partial charge on any atom is 0.237 e. The Hall–Kier alpha value is -1.79. The number of nitrogens with one attached hydrogen (secondary N) is 1. The number of nitrogens with two attached hydrogens (primary N) is 1. The van der Waals surface area contributed by atoms with Gasteiger partial charge in [0.2, 0.25) is 11.8 Å². The van der Waals surface area contributed by atoms with E-state index in [4.69, 9.17) is 11.3 Å². The molecule has 8 nitrogen and oxygen atoms in total. The third-order valence-electron chi connectivity index (χ3n) is 3.50. The molecule has 1 rings (SSSR count). The van der Waals surface area contributed by atoms with E-state index >= 15 is 0 Å². The Morgan fingerprint density at radius 2 is 2.11 bits per heavy atom. The van der Waals surface area contributed by atoms with Crippen LogP contribution in [-0.2, 0) is 9.59 Å². The molecule has 0 radical (unpaired) electrons. The summed E-state index contributed by atoms with van der Waals surface area (Å²) in [6.07, 6.45) is 1.68. The van der Waals surface area contributed by atoms with Gasteiger partial charge in [0, 0.05) is 31.5 Å². The summed E-state index contributed by atoms with van der Waals surface area (Å²) in [6.45, 7) is 3.52. The van der Waals surface area contributed by atoms with Crippen LogP contribution in [0.2, 0.25) is 0 Å². The molecule has 0 atom stereocenters. The second-order valence-corrected chi connectivity index (χ2v) is 4.69. The van der Waals surface area contributed by atoms with Gasteiger partial charge < -0.3 is 16.0 Å². The number of amides is 2. The summed E-state index contributed by atoms with van der Waals surface area (Å²) in [5, 5.41) is 6.59. The van der Waals surface area contributed by atoms with Crippen molar-refractivity contribution >= 4 is 11.8 Å². The zero-order chi connectivity index (χ0) is 14.3. The zero-order valence-electron chi connectivity index (χ0n) is 11.1. The topological polar surface area (TPSA) is 124 Å². The molecule has 19 heavy (non-hydrogen) atoms. The molecular formula is C11H20N6O2. The molecule has 0 aromatic carbocycles. The van der Waals surface area contributed by atoms with Crippen molar-refractivity contribution in [1.29, 1.82) is 0 Å². The number of nitrogens with zero attached hydrogens (tertiary/aromatic N) is 4. The molecule has 1 aliphatic heterocycles. The van der Waals surface area contributed by atoms with E-state index in [1.54, 1.807) is 4.90 Å². The smallest absolute Gasteiger partial charge is 0.237 e. The number of rotatable bonds is 6. The monoisotopic (exact) mass is 268 g/mol. The Kier molecular flexibility index (Phi) is 5.59. The van der Waals surface area contributed by atoms with Crippen LogP contribution in [0.15, 0.2) is 5.11 Å². The molecule has 3 N–H and O–H groups in total. The summed E-state index contributed by atoms with van der Waals surface area (Å²) in [4.78, 5) is 27.3. The number of carbonyl (C=O) groups is 2. The lowest BCUT2D eigenvalue weighted by molar-refractivity contribution is -0.134. The first-order valence-corrected chi connectivity index (χ1v) is 6.33. The van der Waals surface area contributed by atoms with E-state index in [0.717, 1.165) is 0 Å². The maximum atomic E-state index is 11.6. The third kappa shape index (κ3) is 4.11. The first-order chi connectivity index (χ1) is 9.02. The lowest BCUT2D eigenvalue weighted by Crippen LogP contribution is -2.61. The summed E-state index contributed by atoms with van der Waals surface area (Å²) in [7, 11) is 0. The van der Waals surface area contributed by atoms with E-state index in [9.17, 15) is 9.59 Å². The van der Waals surface area contributed by atoms with Crippen molar-refractivity contribution in [2.45, 2.75) is 31.7 Å². The van der Waals surface area contributed by atoms with Gasteiger partial charge in [-0.05, 0) is 31.3 Å². The average molecular weight is 268 g/mol. The maximum absolute atomic E-state index is 11.6. The van der Waals surface area contributed by atoms with Crippen molar-refractivity contribution in [1.82, 2.24) is 10.2 Å². The SMILES string of the molecule is CC(=O)N1CCC(NCCCN=[N+]=[N-])(C(N)=O)CC1. The van der Waals surface area contributed by atoms with E-state index in [0.29, 0.717) is 45.4 Å². The van der Waals surface area contributed by atoms with Crippen LogP contribution in [-0.4, -0.2) is 48.4 Å². The van der Waals surface area contributed by atoms with Crippen molar-refractivity contribution in [2.24, 2.45) is 10.8 Å². The molecule has 0 saturated carbocycles. The van der Waals surface area contributed by atoms with Gasteiger partial charge in [0.15, 0.2) is 0 Å². The van der Waals surface area contributed by atoms with Gasteiger partial charge in [-0.1, -0.05) is 5.11 Å². The largest absolute Gasteiger partial charge is 0.368 e. The molecule has 0 aliphatic carbocycles. The van der Waals surface area contributed by atoms with Crippen LogP contribution in [0.1, 0.15) is 26.2 Å². The fraction of sp³-hybridized carbons (Fsp3) is 0.818. The van der Waals surface area contributed by atoms with Gasteiger partial charge in [0.1, 0.15) is 5.54 Å². The average Bonchev–Trinajstić information content (AvgIpc) is 2.38. The Labute approximate surface area is 111 Å². The van der Waals surface area contributed by atoms with Gasteiger partial charge in [0.25, 0.3) is 0 Å². The molecule has 0 spiro atoms. The minimum atomic E-state index is -0.748. The van der Waals surface area contributed by atoms with E-state index < -0.39 is 5.54 Å². The molecule has 2 amide bonds. The summed E-state index contributed by atoms with van der Waals surface area (Å²) in [6, 6.07) is 0. The highest BCUT2D eigenvalue weighted by molar-refractivity contribution is 5.85. The lowest BCUT2D eigenvalue weighted by Gasteiger charge is -2.40. The number of hydrogen-bond donors (Lipinski definition) is 2. The third-order valence-corrected chi connectivity index (χ3v) is 3.50. The minimum absolute atomic E-state index is 0.0152. The van der Waals surface area contributed by atoms with Crippen LogP contribution < -0.4 is 11.1 Å². The fourth-order valence-electron chi connectivity index (χ4n) is 2.24. The van der Waals surface area contributed by atoms with Gasteiger partial charge in [0.05, 0.1) is 0 Å². The predicted molar refractivity (Wildman–Crippen MR) is 70.0 cm³/mol. The van der Waals surface area contributed by atoms with Gasteiger partial charge in [-0.25, -0.2) is 0 Å². The molecule has 0 aromatic heterocycles. The highest BCUT2D eigenvalue weighted by Gasteiger charge is 2.39. The van der Waals surface area contributed by atoms with Gasteiger partial charge >= 0.3 is 0 Å². The number of hydrogen-bond acceptors (Lipinski definition) is 4. The van der Waals surface area contributed by atoms with Crippen LogP contribution in [0, 0.1) is 0 Å². The summed E-state index contributed by atoms with van der Waals surface area (Å²) >= 11 is 0. The molecule has 0 aromatic rings. The van der Waals surface area contributed by atoms with Crippen molar-refractivity contribution in [3.63, 3.8) is 0 Å². The Balaban J connectivity index is 2.50. The minimum Gasteiger partial charge on any atom is -0.368 e. The van der Waals surface area contributed by atoms with Crippen molar-refractivity contribution < 1.29 is 9.59 Å². The molecule has 1 aliphatic rings. The molecular weight excluding hydrogens is 248 g/mol. The van der Waals surface area contributed by atoms with Crippen molar-refractivity contribution in [2.75, 3.05) is 26.2 Å². The normalized spacial score (nSPS) is 17.6. The van der Waals surface area contributed by atoms with E-state index in [1.807, 2.05) is 0 Å². The van der Waals surface area contributed by atoms with Crippen molar-refractivity contribution in [3.8, 4) is 0 Å². The molecule has 0 unspecified atom stereocenters. The molecule has 1 fully saturated rings. The van der Waals surface area contributed by atoms with Crippen LogP contribution in [0.5, 0.6) is 0 Å². The number of piperidine rings is 1. The summed E-state index contributed by atoms with van der Waals surface area (Å²) in [5.74, 6) is -0.374.